The van der Waals surface area contributed by atoms with Gasteiger partial charge in [0.2, 0.25) is 5.91 Å². The molecule has 4 heterocycles. The number of nitrogens with zero attached hydrogens (tertiary/aromatic N) is 2. The maximum Gasteiger partial charge on any atom is 0.244 e. The summed E-state index contributed by atoms with van der Waals surface area (Å²) in [5.41, 5.74) is 2.29. The summed E-state index contributed by atoms with van der Waals surface area (Å²) in [7, 11) is 0. The van der Waals surface area contributed by atoms with Crippen molar-refractivity contribution in [1.82, 2.24) is 15.2 Å². The zero-order valence-corrected chi connectivity index (χ0v) is 17.1. The molecule has 3 aliphatic heterocycles. The van der Waals surface area contributed by atoms with Crippen LogP contribution in [-0.2, 0) is 11.2 Å². The smallest absolute Gasteiger partial charge is 0.244 e. The van der Waals surface area contributed by atoms with Crippen LogP contribution in [0.15, 0.2) is 59.8 Å². The Morgan fingerprint density at radius 2 is 2.04 bits per heavy atom. The molecular formula is C23H27N3OS. The third kappa shape index (κ3) is 4.47. The molecule has 3 aliphatic rings. The van der Waals surface area contributed by atoms with Gasteiger partial charge in [-0.2, -0.15) is 0 Å². The number of benzene rings is 1. The lowest BCUT2D eigenvalue weighted by atomic mass is 9.77. The van der Waals surface area contributed by atoms with Crippen molar-refractivity contribution in [1.29, 1.82) is 0 Å². The minimum atomic E-state index is 0.00359. The quantitative estimate of drug-likeness (QED) is 0.601. The molecule has 146 valence electrons. The molecule has 4 nitrogen and oxygen atoms in total. The van der Waals surface area contributed by atoms with Crippen LogP contribution < -0.4 is 5.32 Å². The van der Waals surface area contributed by atoms with E-state index in [1.165, 1.54) is 23.3 Å². The van der Waals surface area contributed by atoms with E-state index in [4.69, 9.17) is 0 Å². The van der Waals surface area contributed by atoms with Gasteiger partial charge in [-0.3, -0.25) is 14.7 Å². The lowest BCUT2D eigenvalue weighted by Crippen LogP contribution is -2.64. The molecule has 2 bridgehead atoms. The largest absolute Gasteiger partial charge is 0.348 e. The van der Waals surface area contributed by atoms with Crippen LogP contribution in [0.1, 0.15) is 24.0 Å². The molecule has 0 unspecified atom stereocenters. The van der Waals surface area contributed by atoms with Gasteiger partial charge in [0, 0.05) is 35.4 Å². The highest BCUT2D eigenvalue weighted by Gasteiger charge is 2.42. The van der Waals surface area contributed by atoms with E-state index in [1.54, 1.807) is 17.8 Å². The lowest BCUT2D eigenvalue weighted by molar-refractivity contribution is -0.119. The minimum Gasteiger partial charge on any atom is -0.348 e. The van der Waals surface area contributed by atoms with Crippen molar-refractivity contribution >= 4 is 23.7 Å². The monoisotopic (exact) mass is 393 g/mol. The standard InChI is InChI=1S/C23H27N3OS/c1-28-20-7-4-17(5-8-20)6-9-22(27)25-23-19-10-13-26(14-11-19)21(23)15-18-3-2-12-24-16-18/h2-9,12,16,19,21,23H,10-11,13-15H2,1H3,(H,25,27)/b9-6+/t21-,23-/m0/s1. The van der Waals surface area contributed by atoms with Crippen molar-refractivity contribution in [3.8, 4) is 0 Å². The molecule has 2 atom stereocenters. The number of aromatic nitrogens is 1. The van der Waals surface area contributed by atoms with Gasteiger partial charge in [-0.15, -0.1) is 11.8 Å². The molecule has 5 heteroatoms. The number of amides is 1. The highest BCUT2D eigenvalue weighted by atomic mass is 32.2. The summed E-state index contributed by atoms with van der Waals surface area (Å²) in [5, 5.41) is 3.32. The lowest BCUT2D eigenvalue weighted by Gasteiger charge is -2.51. The topological polar surface area (TPSA) is 45.2 Å². The molecule has 2 aromatic rings. The SMILES string of the molecule is CSc1ccc(/C=C/C(=O)N[C@H]2C3CCN(CC3)[C@H]2Cc2cccnc2)cc1. The first-order valence-corrected chi connectivity index (χ1v) is 11.2. The Kier molecular flexibility index (Phi) is 6.13. The number of pyridine rings is 1. The number of carbonyl (C=O) groups excluding carboxylic acids is 1. The highest BCUT2D eigenvalue weighted by Crippen LogP contribution is 2.34. The molecule has 0 spiro atoms. The third-order valence-corrected chi connectivity index (χ3v) is 6.73. The van der Waals surface area contributed by atoms with E-state index in [0.29, 0.717) is 12.0 Å². The van der Waals surface area contributed by atoms with Crippen LogP contribution in [-0.4, -0.2) is 47.2 Å². The number of piperidine rings is 3. The summed E-state index contributed by atoms with van der Waals surface area (Å²) in [6, 6.07) is 13.0. The average molecular weight is 394 g/mol. The van der Waals surface area contributed by atoms with Gasteiger partial charge in [0.05, 0.1) is 0 Å². The number of carbonyl (C=O) groups is 1. The molecule has 1 aromatic carbocycles. The van der Waals surface area contributed by atoms with Crippen molar-refractivity contribution < 1.29 is 4.79 Å². The zero-order valence-electron chi connectivity index (χ0n) is 16.3. The summed E-state index contributed by atoms with van der Waals surface area (Å²) in [6.07, 6.45) is 12.7. The van der Waals surface area contributed by atoms with Crippen LogP contribution in [0.3, 0.4) is 0 Å². The number of fused-ring (bicyclic) bond motifs is 3. The Morgan fingerprint density at radius 1 is 1.25 bits per heavy atom. The van der Waals surface area contributed by atoms with E-state index in [9.17, 15) is 4.79 Å². The first kappa shape index (κ1) is 19.2. The van der Waals surface area contributed by atoms with Crippen LogP contribution in [0.4, 0.5) is 0 Å². The normalized spacial score (nSPS) is 26.5. The molecule has 0 aliphatic carbocycles. The van der Waals surface area contributed by atoms with Crippen molar-refractivity contribution in [3.63, 3.8) is 0 Å². The molecule has 28 heavy (non-hydrogen) atoms. The summed E-state index contributed by atoms with van der Waals surface area (Å²) in [4.78, 5) is 20.7. The van der Waals surface area contributed by atoms with Gasteiger partial charge in [0.1, 0.15) is 0 Å². The Morgan fingerprint density at radius 3 is 2.71 bits per heavy atom. The number of thioether (sulfide) groups is 1. The molecule has 1 amide bonds. The van der Waals surface area contributed by atoms with Crippen LogP contribution in [0.2, 0.25) is 0 Å². The maximum atomic E-state index is 12.6. The number of hydrogen-bond acceptors (Lipinski definition) is 4. The predicted molar refractivity (Wildman–Crippen MR) is 115 cm³/mol. The van der Waals surface area contributed by atoms with Crippen LogP contribution in [0, 0.1) is 5.92 Å². The molecule has 1 aromatic heterocycles. The van der Waals surface area contributed by atoms with E-state index in [-0.39, 0.29) is 11.9 Å². The van der Waals surface area contributed by atoms with Crippen LogP contribution >= 0.6 is 11.8 Å². The average Bonchev–Trinajstić information content (AvgIpc) is 2.76. The molecule has 3 saturated heterocycles. The van der Waals surface area contributed by atoms with Crippen molar-refractivity contribution in [3.05, 3.63) is 66.0 Å². The number of nitrogens with one attached hydrogen (secondary N) is 1. The summed E-state index contributed by atoms with van der Waals surface area (Å²) in [5.74, 6) is 0.578. The van der Waals surface area contributed by atoms with Gasteiger partial charge in [0.25, 0.3) is 0 Å². The Labute approximate surface area is 171 Å². The van der Waals surface area contributed by atoms with E-state index in [1.807, 2.05) is 24.5 Å². The van der Waals surface area contributed by atoms with Crippen molar-refractivity contribution in [2.24, 2.45) is 5.92 Å². The molecule has 5 rings (SSSR count). The fourth-order valence-electron chi connectivity index (χ4n) is 4.48. The van der Waals surface area contributed by atoms with Gasteiger partial charge in [-0.05, 0) is 79.9 Å². The van der Waals surface area contributed by atoms with E-state index in [0.717, 1.165) is 25.1 Å². The van der Waals surface area contributed by atoms with Crippen LogP contribution in [0.5, 0.6) is 0 Å². The van der Waals surface area contributed by atoms with Gasteiger partial charge in [-0.25, -0.2) is 0 Å². The molecule has 0 radical (unpaired) electrons. The van der Waals surface area contributed by atoms with E-state index >= 15 is 0 Å². The second kappa shape index (κ2) is 8.93. The van der Waals surface area contributed by atoms with Crippen LogP contribution in [0.25, 0.3) is 6.08 Å². The van der Waals surface area contributed by atoms with Gasteiger partial charge < -0.3 is 5.32 Å². The van der Waals surface area contributed by atoms with Gasteiger partial charge in [-0.1, -0.05) is 18.2 Å². The van der Waals surface area contributed by atoms with E-state index in [2.05, 4.69) is 51.8 Å². The predicted octanol–water partition coefficient (Wildman–Crippen LogP) is 3.64. The Bertz CT molecular complexity index is 814. The third-order valence-electron chi connectivity index (χ3n) is 5.99. The number of hydrogen-bond donors (Lipinski definition) is 1. The zero-order chi connectivity index (χ0) is 19.3. The van der Waals surface area contributed by atoms with E-state index < -0.39 is 0 Å². The fraction of sp³-hybridized carbons (Fsp3) is 0.391. The number of rotatable bonds is 6. The molecular weight excluding hydrogens is 366 g/mol. The second-order valence-corrected chi connectivity index (χ2v) is 8.53. The molecule has 3 fully saturated rings. The molecule has 0 saturated carbocycles. The highest BCUT2D eigenvalue weighted by molar-refractivity contribution is 7.98. The van der Waals surface area contributed by atoms with Crippen molar-refractivity contribution in [2.45, 2.75) is 36.2 Å². The first-order chi connectivity index (χ1) is 13.7. The second-order valence-electron chi connectivity index (χ2n) is 7.65. The first-order valence-electron chi connectivity index (χ1n) is 9.98. The molecule has 1 N–H and O–H groups in total. The Balaban J connectivity index is 1.43. The summed E-state index contributed by atoms with van der Waals surface area (Å²) >= 11 is 1.72. The van der Waals surface area contributed by atoms with Gasteiger partial charge >= 0.3 is 0 Å². The maximum absolute atomic E-state index is 12.6. The Hall–Kier alpha value is -2.11. The summed E-state index contributed by atoms with van der Waals surface area (Å²) < 4.78 is 0. The summed E-state index contributed by atoms with van der Waals surface area (Å²) in [6.45, 7) is 2.28. The minimum absolute atomic E-state index is 0.00359. The van der Waals surface area contributed by atoms with Gasteiger partial charge in [0.15, 0.2) is 0 Å². The fourth-order valence-corrected chi connectivity index (χ4v) is 4.89. The van der Waals surface area contributed by atoms with Crippen molar-refractivity contribution in [2.75, 3.05) is 19.3 Å².